The number of anilines is 2. The van der Waals surface area contributed by atoms with Gasteiger partial charge in [0.25, 0.3) is 0 Å². The monoisotopic (exact) mass is 676 g/mol. The number of phosphoric ester groups is 1. The van der Waals surface area contributed by atoms with E-state index >= 15 is 4.39 Å². The summed E-state index contributed by atoms with van der Waals surface area (Å²) in [5.74, 6) is 0.101. The minimum atomic E-state index is -5.05. The number of fused-ring (bicyclic) bond motifs is 5. The highest BCUT2D eigenvalue weighted by Crippen LogP contribution is 2.54. The summed E-state index contributed by atoms with van der Waals surface area (Å²) in [7, 11) is -5.05. The number of aliphatic hydroxyl groups excluding tert-OH is 1. The van der Waals surface area contributed by atoms with Crippen molar-refractivity contribution in [2.45, 2.75) is 49.1 Å². The maximum atomic E-state index is 15.9. The van der Waals surface area contributed by atoms with Crippen LogP contribution in [0.1, 0.15) is 12.5 Å². The third-order valence-electron chi connectivity index (χ3n) is 7.22. The number of ether oxygens (including phenoxy) is 2. The van der Waals surface area contributed by atoms with Gasteiger partial charge in [0.1, 0.15) is 54.2 Å². The van der Waals surface area contributed by atoms with Gasteiger partial charge in [0.05, 0.1) is 25.9 Å². The first kappa shape index (κ1) is 29.8. The highest BCUT2D eigenvalue weighted by atomic mass is 32.5. The van der Waals surface area contributed by atoms with Gasteiger partial charge in [-0.3, -0.25) is 22.7 Å². The van der Waals surface area contributed by atoms with Crippen LogP contribution in [0.15, 0.2) is 25.3 Å². The van der Waals surface area contributed by atoms with Gasteiger partial charge in [-0.15, -0.1) is 0 Å². The maximum Gasteiger partial charge on any atom is 0.472 e. The molecule has 44 heavy (non-hydrogen) atoms. The molecule has 3 aliphatic rings. The molecule has 236 valence electrons. The van der Waals surface area contributed by atoms with Gasteiger partial charge < -0.3 is 40.4 Å². The predicted molar refractivity (Wildman–Crippen MR) is 146 cm³/mol. The zero-order valence-corrected chi connectivity index (χ0v) is 24.6. The largest absolute Gasteiger partial charge is 0.472 e. The van der Waals surface area contributed by atoms with E-state index in [1.54, 1.807) is 0 Å². The Balaban J connectivity index is 1.20. The summed E-state index contributed by atoms with van der Waals surface area (Å²) >= 11 is 5.21. The molecule has 0 radical (unpaired) electrons. The number of rotatable bonds is 2. The molecule has 0 aliphatic carbocycles. The molecule has 3 aliphatic heterocycles. The lowest BCUT2D eigenvalue weighted by molar-refractivity contribution is -0.0635. The van der Waals surface area contributed by atoms with E-state index in [0.29, 0.717) is 0 Å². The number of nitrogens with zero attached hydrogens (tertiary/aromatic N) is 8. The fourth-order valence-electron chi connectivity index (χ4n) is 5.19. The number of aromatic nitrogens is 8. The SMILES string of the molecule is Nc1ncnc2c1ncn2[C@@H]1OC2COP(O)(=S)OC3C(O)C(COP(=O)(O)OC2C1F)O[C@H]3n1cnc2c(N)ncnc21. The van der Waals surface area contributed by atoms with E-state index in [1.165, 1.54) is 28.1 Å². The van der Waals surface area contributed by atoms with E-state index in [2.05, 4.69) is 29.9 Å². The molecule has 7 N–H and O–H groups in total. The first-order chi connectivity index (χ1) is 20.9. The van der Waals surface area contributed by atoms with Crippen molar-refractivity contribution >= 4 is 60.3 Å². The Labute approximate surface area is 249 Å². The normalized spacial score (nSPS) is 38.3. The Bertz CT molecular complexity index is 1830. The van der Waals surface area contributed by atoms with Gasteiger partial charge in [0.2, 0.25) is 0 Å². The number of hydrogen-bond donors (Lipinski definition) is 5. The van der Waals surface area contributed by atoms with Gasteiger partial charge in [0.15, 0.2) is 41.6 Å². The van der Waals surface area contributed by atoms with E-state index in [0.717, 1.165) is 6.33 Å². The number of halogens is 1. The van der Waals surface area contributed by atoms with Gasteiger partial charge in [0, 0.05) is 0 Å². The van der Waals surface area contributed by atoms with Gasteiger partial charge in [-0.2, -0.15) is 0 Å². The summed E-state index contributed by atoms with van der Waals surface area (Å²) in [5, 5.41) is 11.1. The molecule has 4 aromatic heterocycles. The van der Waals surface area contributed by atoms with Crippen LogP contribution in [0.5, 0.6) is 0 Å². The third-order valence-corrected chi connectivity index (χ3v) is 9.76. The van der Waals surface area contributed by atoms with Crippen LogP contribution in [0.3, 0.4) is 0 Å². The van der Waals surface area contributed by atoms with E-state index in [1.807, 2.05) is 0 Å². The Kier molecular flexibility index (Phi) is 7.39. The minimum absolute atomic E-state index is 0.0348. The van der Waals surface area contributed by atoms with Gasteiger partial charge in [-0.05, 0) is 11.8 Å². The number of aliphatic hydroxyl groups is 1. The molecule has 20 nitrogen and oxygen atoms in total. The van der Waals surface area contributed by atoms with Crippen LogP contribution in [-0.4, -0.2) is 104 Å². The zero-order valence-electron chi connectivity index (χ0n) is 22.0. The molecule has 10 atom stereocenters. The molecule has 7 rings (SSSR count). The molecule has 8 unspecified atom stereocenters. The molecular weight excluding hydrogens is 653 g/mol. The molecule has 3 saturated heterocycles. The molecule has 7 heterocycles. The van der Waals surface area contributed by atoms with Crippen LogP contribution in [0.25, 0.3) is 22.3 Å². The summed E-state index contributed by atoms with van der Waals surface area (Å²) in [4.78, 5) is 45.8. The second kappa shape index (κ2) is 10.9. The zero-order chi connectivity index (χ0) is 31.0. The van der Waals surface area contributed by atoms with Crippen molar-refractivity contribution in [1.82, 2.24) is 39.0 Å². The molecule has 4 aromatic rings. The Morgan fingerprint density at radius 3 is 2.05 bits per heavy atom. The lowest BCUT2D eigenvalue weighted by Crippen LogP contribution is -2.35. The van der Waals surface area contributed by atoms with Gasteiger partial charge in [-0.25, -0.2) is 38.9 Å². The molecular formula is C20H23FN10O10P2S. The van der Waals surface area contributed by atoms with Gasteiger partial charge in [-0.1, -0.05) is 0 Å². The Morgan fingerprint density at radius 2 is 1.41 bits per heavy atom. The summed E-state index contributed by atoms with van der Waals surface area (Å²) in [6, 6.07) is 0. The molecule has 3 fully saturated rings. The first-order valence-electron chi connectivity index (χ1n) is 12.7. The molecule has 0 aromatic carbocycles. The molecule has 0 saturated carbocycles. The number of alkyl halides is 1. The fraction of sp³-hybridized carbons (Fsp3) is 0.500. The Morgan fingerprint density at radius 1 is 0.841 bits per heavy atom. The number of phosphoric acid groups is 1. The number of imidazole rings is 2. The van der Waals surface area contributed by atoms with Crippen LogP contribution in [0, 0.1) is 0 Å². The van der Waals surface area contributed by atoms with Crippen LogP contribution in [0.4, 0.5) is 16.0 Å². The van der Waals surface area contributed by atoms with E-state index in [4.69, 9.17) is 50.8 Å². The lowest BCUT2D eigenvalue weighted by atomic mass is 10.1. The van der Waals surface area contributed by atoms with Crippen LogP contribution in [0.2, 0.25) is 0 Å². The van der Waals surface area contributed by atoms with Crippen LogP contribution >= 0.6 is 14.5 Å². The second-order valence-corrected chi connectivity index (χ2v) is 14.1. The number of nitrogens with two attached hydrogens (primary N) is 2. The van der Waals surface area contributed by atoms with Crippen LogP contribution < -0.4 is 11.5 Å². The van der Waals surface area contributed by atoms with Crippen molar-refractivity contribution in [3.8, 4) is 0 Å². The van der Waals surface area contributed by atoms with Crippen LogP contribution in [-0.2, 0) is 43.9 Å². The fourth-order valence-corrected chi connectivity index (χ4v) is 7.56. The van der Waals surface area contributed by atoms with Crippen molar-refractivity contribution in [2.75, 3.05) is 24.7 Å². The second-order valence-electron chi connectivity index (χ2n) is 9.90. The third kappa shape index (κ3) is 5.15. The summed E-state index contributed by atoms with van der Waals surface area (Å²) in [6.45, 7) is -5.66. The van der Waals surface area contributed by atoms with Crippen molar-refractivity contribution in [3.63, 3.8) is 0 Å². The maximum absolute atomic E-state index is 15.9. The lowest BCUT2D eigenvalue weighted by Gasteiger charge is -2.27. The highest BCUT2D eigenvalue weighted by molar-refractivity contribution is 8.07. The predicted octanol–water partition coefficient (Wildman–Crippen LogP) is -0.541. The quantitative estimate of drug-likeness (QED) is 0.167. The van der Waals surface area contributed by atoms with Gasteiger partial charge >= 0.3 is 14.5 Å². The molecule has 2 bridgehead atoms. The van der Waals surface area contributed by atoms with E-state index in [9.17, 15) is 19.5 Å². The van der Waals surface area contributed by atoms with E-state index < -0.39 is 76.9 Å². The number of nitrogen functional groups attached to an aromatic ring is 2. The Hall–Kier alpha value is -2.85. The van der Waals surface area contributed by atoms with Crippen molar-refractivity contribution in [2.24, 2.45) is 0 Å². The van der Waals surface area contributed by atoms with Crippen molar-refractivity contribution in [3.05, 3.63) is 25.3 Å². The first-order valence-corrected chi connectivity index (χ1v) is 16.8. The average Bonchev–Trinajstić information content (AvgIpc) is 3.73. The summed E-state index contributed by atoms with van der Waals surface area (Å²) < 4.78 is 64.7. The molecule has 0 amide bonds. The summed E-state index contributed by atoms with van der Waals surface area (Å²) in [6.07, 6.45) is -7.61. The molecule has 0 spiro atoms. The topological polar surface area (TPSA) is 272 Å². The highest BCUT2D eigenvalue weighted by Gasteiger charge is 2.54. The van der Waals surface area contributed by atoms with Crippen molar-refractivity contribution < 1.29 is 51.4 Å². The smallest absolute Gasteiger partial charge is 0.387 e. The van der Waals surface area contributed by atoms with E-state index in [-0.39, 0.29) is 34.0 Å². The minimum Gasteiger partial charge on any atom is -0.387 e. The summed E-state index contributed by atoms with van der Waals surface area (Å²) in [5.41, 5.74) is 12.4. The molecule has 24 heteroatoms. The average molecular weight is 676 g/mol. The standard InChI is InChI=1S/C20H23FN10O10P2S/c21-9-13-8(39-19(9)30-5-28-10-15(22)24-3-26-17(10)30)2-37-43(35,44)41-14-12(32)7(1-36-42(33,34)40-13)38-20(14)31-6-29-11-16(23)25-4-27-18(11)31/h3-9,12-14,19-20,32H,1-2H2,(H,33,34)(H,35,44)(H2,22,24,26)(H2,23,25,27)/t7?,8?,9?,12?,13?,14?,19-,20-,43?/m1/s1. The number of hydrogen-bond acceptors (Lipinski definition) is 17. The van der Waals surface area contributed by atoms with Crippen molar-refractivity contribution in [1.29, 1.82) is 0 Å².